The van der Waals surface area contributed by atoms with E-state index in [-0.39, 0.29) is 6.61 Å². The number of aliphatic hydroxyl groups excluding tert-OH is 1. The van der Waals surface area contributed by atoms with Gasteiger partial charge in [-0.15, -0.1) is 0 Å². The molecule has 0 saturated carbocycles. The first-order valence-electron chi connectivity index (χ1n) is 3.59. The molecule has 2 aromatic rings. The molecule has 0 aromatic carbocycles. The van der Waals surface area contributed by atoms with Gasteiger partial charge in [-0.3, -0.25) is 0 Å². The van der Waals surface area contributed by atoms with Crippen LogP contribution in [0.25, 0.3) is 5.13 Å². The zero-order valence-corrected chi connectivity index (χ0v) is 7.16. The minimum Gasteiger partial charge on any atom is -0.391 e. The third-order valence-corrected chi connectivity index (χ3v) is 2.52. The van der Waals surface area contributed by atoms with E-state index in [0.717, 1.165) is 10.0 Å². The number of hydrogen-bond donors (Lipinski definition) is 1. The number of thiazole rings is 1. The van der Waals surface area contributed by atoms with Crippen molar-refractivity contribution < 1.29 is 5.11 Å². The molecular weight excluding hydrogens is 172 g/mol. The van der Waals surface area contributed by atoms with Crippen molar-refractivity contribution in [2.75, 3.05) is 0 Å². The molecule has 0 amide bonds. The Kier molecular flexibility index (Phi) is 1.93. The molecule has 0 spiro atoms. The van der Waals surface area contributed by atoms with E-state index in [2.05, 4.69) is 4.98 Å². The van der Waals surface area contributed by atoms with Crippen LogP contribution >= 0.6 is 11.3 Å². The quantitative estimate of drug-likeness (QED) is 0.759. The maximum Gasteiger partial charge on any atom is 0.193 e. The van der Waals surface area contributed by atoms with Crippen molar-refractivity contribution in [3.05, 3.63) is 35.6 Å². The molecule has 2 heterocycles. The lowest BCUT2D eigenvalue weighted by atomic mass is 10.6. The predicted molar refractivity (Wildman–Crippen MR) is 47.4 cm³/mol. The Labute approximate surface area is 73.9 Å². The Balaban J connectivity index is 2.35. The molecule has 2 rings (SSSR count). The van der Waals surface area contributed by atoms with Gasteiger partial charge in [0.15, 0.2) is 5.13 Å². The van der Waals surface area contributed by atoms with Crippen molar-refractivity contribution in [2.45, 2.75) is 6.61 Å². The molecule has 0 radical (unpaired) electrons. The summed E-state index contributed by atoms with van der Waals surface area (Å²) in [6.07, 6.45) is 5.56. The molecule has 62 valence electrons. The molecule has 2 aromatic heterocycles. The molecule has 3 nitrogen and oxygen atoms in total. The minimum atomic E-state index is 0.0684. The number of hydrogen-bond acceptors (Lipinski definition) is 3. The highest BCUT2D eigenvalue weighted by Crippen LogP contribution is 2.16. The summed E-state index contributed by atoms with van der Waals surface area (Å²) < 4.78 is 1.92. The van der Waals surface area contributed by atoms with Crippen LogP contribution in [0.4, 0.5) is 0 Å². The summed E-state index contributed by atoms with van der Waals surface area (Å²) in [6, 6.07) is 3.89. The fourth-order valence-corrected chi connectivity index (χ4v) is 1.69. The van der Waals surface area contributed by atoms with Crippen molar-refractivity contribution in [1.82, 2.24) is 9.55 Å². The molecule has 4 heteroatoms. The van der Waals surface area contributed by atoms with Gasteiger partial charge in [0.25, 0.3) is 0 Å². The second kappa shape index (κ2) is 3.08. The van der Waals surface area contributed by atoms with Crippen molar-refractivity contribution in [3.8, 4) is 5.13 Å². The van der Waals surface area contributed by atoms with Gasteiger partial charge in [0.2, 0.25) is 0 Å². The van der Waals surface area contributed by atoms with Gasteiger partial charge in [-0.1, -0.05) is 11.3 Å². The minimum absolute atomic E-state index is 0.0684. The summed E-state index contributed by atoms with van der Waals surface area (Å²) in [5.41, 5.74) is 0. The molecular formula is C8H8N2OS. The Morgan fingerprint density at radius 2 is 2.17 bits per heavy atom. The first-order chi connectivity index (χ1) is 5.90. The van der Waals surface area contributed by atoms with Gasteiger partial charge in [-0.05, 0) is 12.1 Å². The molecule has 0 saturated heterocycles. The van der Waals surface area contributed by atoms with Crippen LogP contribution < -0.4 is 0 Å². The van der Waals surface area contributed by atoms with E-state index in [0.29, 0.717) is 0 Å². The second-order valence-electron chi connectivity index (χ2n) is 2.36. The van der Waals surface area contributed by atoms with Gasteiger partial charge in [-0.25, -0.2) is 4.98 Å². The molecule has 1 N–H and O–H groups in total. The molecule has 0 aliphatic heterocycles. The molecule has 0 aliphatic carbocycles. The van der Waals surface area contributed by atoms with Crippen LogP contribution in [0.3, 0.4) is 0 Å². The summed E-state index contributed by atoms with van der Waals surface area (Å²) in [6.45, 7) is 0.0684. The van der Waals surface area contributed by atoms with E-state index in [4.69, 9.17) is 5.11 Å². The van der Waals surface area contributed by atoms with E-state index in [1.165, 1.54) is 11.3 Å². The van der Waals surface area contributed by atoms with Gasteiger partial charge in [0.05, 0.1) is 11.5 Å². The summed E-state index contributed by atoms with van der Waals surface area (Å²) in [4.78, 5) is 5.04. The van der Waals surface area contributed by atoms with Crippen molar-refractivity contribution in [1.29, 1.82) is 0 Å². The van der Waals surface area contributed by atoms with Gasteiger partial charge >= 0.3 is 0 Å². The summed E-state index contributed by atoms with van der Waals surface area (Å²) in [7, 11) is 0. The topological polar surface area (TPSA) is 38.1 Å². The first kappa shape index (κ1) is 7.52. The third-order valence-electron chi connectivity index (χ3n) is 1.52. The van der Waals surface area contributed by atoms with Crippen molar-refractivity contribution in [3.63, 3.8) is 0 Å². The van der Waals surface area contributed by atoms with Crippen LogP contribution in [0.15, 0.2) is 30.7 Å². The standard InChI is InChI=1S/C8H8N2OS/c11-6-7-5-9-8(12-7)10-3-1-2-4-10/h1-5,11H,6H2. The zero-order chi connectivity index (χ0) is 8.39. The molecule has 0 fully saturated rings. The fraction of sp³-hybridized carbons (Fsp3) is 0.125. The predicted octanol–water partition coefficient (Wildman–Crippen LogP) is 1.43. The highest BCUT2D eigenvalue weighted by Gasteiger charge is 2.00. The molecule has 0 atom stereocenters. The average molecular weight is 180 g/mol. The summed E-state index contributed by atoms with van der Waals surface area (Å²) >= 11 is 1.49. The smallest absolute Gasteiger partial charge is 0.193 e. The van der Waals surface area contributed by atoms with Crippen LogP contribution in [0.1, 0.15) is 4.88 Å². The lowest BCUT2D eigenvalue weighted by Crippen LogP contribution is -1.85. The van der Waals surface area contributed by atoms with Crippen LogP contribution in [-0.4, -0.2) is 14.7 Å². The monoisotopic (exact) mass is 180 g/mol. The Hall–Kier alpha value is -1.13. The SMILES string of the molecule is OCc1cnc(-n2cccc2)s1. The molecule has 0 aliphatic rings. The van der Waals surface area contributed by atoms with Crippen LogP contribution in [0, 0.1) is 0 Å². The van der Waals surface area contributed by atoms with Crippen molar-refractivity contribution in [2.24, 2.45) is 0 Å². The van der Waals surface area contributed by atoms with E-state index < -0.39 is 0 Å². The number of aliphatic hydroxyl groups is 1. The lowest BCUT2D eigenvalue weighted by Gasteiger charge is -1.92. The number of rotatable bonds is 2. The van der Waals surface area contributed by atoms with E-state index >= 15 is 0 Å². The largest absolute Gasteiger partial charge is 0.391 e. The highest BCUT2D eigenvalue weighted by molar-refractivity contribution is 7.14. The van der Waals surface area contributed by atoms with Gasteiger partial charge in [0, 0.05) is 18.6 Å². The van der Waals surface area contributed by atoms with Crippen LogP contribution in [0.5, 0.6) is 0 Å². The normalized spacial score (nSPS) is 10.4. The Morgan fingerprint density at radius 1 is 1.42 bits per heavy atom. The van der Waals surface area contributed by atoms with Crippen LogP contribution in [-0.2, 0) is 6.61 Å². The van der Waals surface area contributed by atoms with Gasteiger partial charge in [0.1, 0.15) is 0 Å². The van der Waals surface area contributed by atoms with E-state index in [9.17, 15) is 0 Å². The molecule has 0 bridgehead atoms. The molecule has 12 heavy (non-hydrogen) atoms. The first-order valence-corrected chi connectivity index (χ1v) is 4.41. The fourth-order valence-electron chi connectivity index (χ4n) is 0.952. The maximum absolute atomic E-state index is 8.81. The number of aromatic nitrogens is 2. The second-order valence-corrected chi connectivity index (χ2v) is 3.45. The Bertz CT molecular complexity index is 353. The third kappa shape index (κ3) is 1.26. The zero-order valence-electron chi connectivity index (χ0n) is 6.34. The van der Waals surface area contributed by atoms with Crippen LogP contribution in [0.2, 0.25) is 0 Å². The maximum atomic E-state index is 8.81. The molecule has 0 unspecified atom stereocenters. The number of nitrogens with zero attached hydrogens (tertiary/aromatic N) is 2. The average Bonchev–Trinajstić information content (AvgIpc) is 2.75. The Morgan fingerprint density at radius 3 is 2.75 bits per heavy atom. The summed E-state index contributed by atoms with van der Waals surface area (Å²) in [5.74, 6) is 0. The lowest BCUT2D eigenvalue weighted by molar-refractivity contribution is 0.285. The van der Waals surface area contributed by atoms with E-state index in [1.807, 2.05) is 29.1 Å². The summed E-state index contributed by atoms with van der Waals surface area (Å²) in [5, 5.41) is 9.70. The van der Waals surface area contributed by atoms with Gasteiger partial charge in [-0.2, -0.15) is 0 Å². The van der Waals surface area contributed by atoms with Gasteiger partial charge < -0.3 is 9.67 Å². The highest BCUT2D eigenvalue weighted by atomic mass is 32.1. The van der Waals surface area contributed by atoms with Crippen molar-refractivity contribution >= 4 is 11.3 Å². The van der Waals surface area contributed by atoms with E-state index in [1.54, 1.807) is 6.20 Å².